The fourth-order valence-electron chi connectivity index (χ4n) is 4.43. The molecule has 2 aliphatic heterocycles. The van der Waals surface area contributed by atoms with Crippen LogP contribution in [0.15, 0.2) is 60.7 Å². The molecule has 0 fully saturated rings. The molecule has 0 saturated carbocycles. The molecule has 0 N–H and O–H groups in total. The molecule has 5 heteroatoms. The molecule has 1 atom stereocenters. The summed E-state index contributed by atoms with van der Waals surface area (Å²) in [5.41, 5.74) is 2.92. The first-order valence-electron chi connectivity index (χ1n) is 9.79. The van der Waals surface area contributed by atoms with Crippen molar-refractivity contribution in [1.82, 2.24) is 0 Å². The first-order valence-corrected chi connectivity index (χ1v) is 10.2. The summed E-state index contributed by atoms with van der Waals surface area (Å²) in [6, 6.07) is 19.1. The SMILES string of the molecule is CCN(CC)c1ccc2c(c1)Oc1c(Cl)cccc1C21OC(=O)c2ccccc21. The number of benzene rings is 3. The third kappa shape index (κ3) is 2.42. The van der Waals surface area contributed by atoms with E-state index >= 15 is 0 Å². The van der Waals surface area contributed by atoms with Crippen molar-refractivity contribution in [3.05, 3.63) is 87.9 Å². The van der Waals surface area contributed by atoms with E-state index in [0.717, 1.165) is 35.5 Å². The molecule has 0 saturated heterocycles. The maximum absolute atomic E-state index is 12.8. The third-order valence-electron chi connectivity index (χ3n) is 5.80. The summed E-state index contributed by atoms with van der Waals surface area (Å²) < 4.78 is 12.4. The van der Waals surface area contributed by atoms with Gasteiger partial charge in [0.25, 0.3) is 0 Å². The molecule has 146 valence electrons. The van der Waals surface area contributed by atoms with Gasteiger partial charge in [-0.1, -0.05) is 41.9 Å². The molecule has 0 bridgehead atoms. The number of ether oxygens (including phenoxy) is 2. The van der Waals surface area contributed by atoms with Crippen molar-refractivity contribution in [3.63, 3.8) is 0 Å². The minimum atomic E-state index is -1.07. The molecule has 2 heterocycles. The smallest absolute Gasteiger partial charge is 0.340 e. The Morgan fingerprint density at radius 3 is 2.48 bits per heavy atom. The molecule has 29 heavy (non-hydrogen) atoms. The van der Waals surface area contributed by atoms with E-state index in [1.165, 1.54) is 0 Å². The summed E-state index contributed by atoms with van der Waals surface area (Å²) in [4.78, 5) is 15.1. The molecule has 1 unspecified atom stereocenters. The number of para-hydroxylation sites is 1. The van der Waals surface area contributed by atoms with Gasteiger partial charge in [0.15, 0.2) is 11.4 Å². The van der Waals surface area contributed by atoms with Gasteiger partial charge in [0.05, 0.1) is 10.6 Å². The highest BCUT2D eigenvalue weighted by atomic mass is 35.5. The Morgan fingerprint density at radius 1 is 0.931 bits per heavy atom. The summed E-state index contributed by atoms with van der Waals surface area (Å²) in [5.74, 6) is 0.842. The molecule has 3 aromatic carbocycles. The van der Waals surface area contributed by atoms with Crippen LogP contribution in [-0.4, -0.2) is 19.1 Å². The topological polar surface area (TPSA) is 38.8 Å². The summed E-state index contributed by atoms with van der Waals surface area (Å²) in [7, 11) is 0. The number of halogens is 1. The van der Waals surface area contributed by atoms with Crippen LogP contribution in [0.2, 0.25) is 5.02 Å². The first kappa shape index (κ1) is 18.1. The third-order valence-corrected chi connectivity index (χ3v) is 6.10. The van der Waals surface area contributed by atoms with Gasteiger partial charge in [0, 0.05) is 41.5 Å². The Labute approximate surface area is 174 Å². The van der Waals surface area contributed by atoms with Gasteiger partial charge < -0.3 is 14.4 Å². The van der Waals surface area contributed by atoms with E-state index in [1.807, 2.05) is 42.5 Å². The van der Waals surface area contributed by atoms with Crippen LogP contribution >= 0.6 is 11.6 Å². The first-order chi connectivity index (χ1) is 14.1. The van der Waals surface area contributed by atoms with Gasteiger partial charge in [0.1, 0.15) is 5.75 Å². The zero-order chi connectivity index (χ0) is 20.2. The van der Waals surface area contributed by atoms with E-state index < -0.39 is 5.60 Å². The number of hydrogen-bond acceptors (Lipinski definition) is 4. The van der Waals surface area contributed by atoms with E-state index in [0.29, 0.717) is 22.1 Å². The molecule has 5 rings (SSSR count). The van der Waals surface area contributed by atoms with Crippen molar-refractivity contribution < 1.29 is 14.3 Å². The van der Waals surface area contributed by atoms with Crippen LogP contribution < -0.4 is 9.64 Å². The molecule has 4 nitrogen and oxygen atoms in total. The lowest BCUT2D eigenvalue weighted by Gasteiger charge is -2.37. The van der Waals surface area contributed by atoms with Crippen molar-refractivity contribution in [2.24, 2.45) is 0 Å². The Balaban J connectivity index is 1.82. The number of esters is 1. The van der Waals surface area contributed by atoms with Crippen molar-refractivity contribution in [1.29, 1.82) is 0 Å². The Kier molecular flexibility index (Phi) is 4.07. The average molecular weight is 406 g/mol. The number of hydrogen-bond donors (Lipinski definition) is 0. The number of nitrogens with zero attached hydrogens (tertiary/aromatic N) is 1. The molecule has 2 aliphatic rings. The number of carbonyl (C=O) groups excluding carboxylic acids is 1. The van der Waals surface area contributed by atoms with Crippen molar-refractivity contribution in [2.45, 2.75) is 19.4 Å². The van der Waals surface area contributed by atoms with Gasteiger partial charge in [-0.3, -0.25) is 0 Å². The predicted octanol–water partition coefficient (Wildman–Crippen LogP) is 5.75. The monoisotopic (exact) mass is 405 g/mol. The normalized spacial score (nSPS) is 18.5. The highest BCUT2D eigenvalue weighted by Crippen LogP contribution is 2.57. The molecule has 0 amide bonds. The maximum Gasteiger partial charge on any atom is 0.340 e. The minimum absolute atomic E-state index is 0.341. The maximum atomic E-state index is 12.8. The second-order valence-electron chi connectivity index (χ2n) is 7.19. The van der Waals surface area contributed by atoms with E-state index in [1.54, 1.807) is 12.1 Å². The molecule has 0 aromatic heterocycles. The highest BCUT2D eigenvalue weighted by molar-refractivity contribution is 6.32. The zero-order valence-corrected chi connectivity index (χ0v) is 17.0. The molecule has 1 spiro atoms. The van der Waals surface area contributed by atoms with Crippen molar-refractivity contribution >= 4 is 23.3 Å². The van der Waals surface area contributed by atoms with Crippen LogP contribution in [-0.2, 0) is 10.3 Å². The lowest BCUT2D eigenvalue weighted by molar-refractivity contribution is 0.0224. The fraction of sp³-hybridized carbons (Fsp3) is 0.208. The Bertz CT molecular complexity index is 1140. The van der Waals surface area contributed by atoms with Crippen LogP contribution in [0.5, 0.6) is 11.5 Å². The number of fused-ring (bicyclic) bond motifs is 6. The Morgan fingerprint density at radius 2 is 1.69 bits per heavy atom. The second-order valence-corrected chi connectivity index (χ2v) is 7.59. The van der Waals surface area contributed by atoms with E-state index in [-0.39, 0.29) is 5.97 Å². The van der Waals surface area contributed by atoms with E-state index in [2.05, 4.69) is 24.8 Å². The van der Waals surface area contributed by atoms with Gasteiger partial charge in [-0.15, -0.1) is 0 Å². The molecule has 3 aromatic rings. The van der Waals surface area contributed by atoms with Gasteiger partial charge in [-0.2, -0.15) is 0 Å². The highest BCUT2D eigenvalue weighted by Gasteiger charge is 2.53. The number of anilines is 1. The fourth-order valence-corrected chi connectivity index (χ4v) is 4.65. The minimum Gasteiger partial charge on any atom is -0.455 e. The van der Waals surface area contributed by atoms with E-state index in [9.17, 15) is 4.79 Å². The largest absolute Gasteiger partial charge is 0.455 e. The van der Waals surface area contributed by atoms with Crippen LogP contribution in [0.3, 0.4) is 0 Å². The van der Waals surface area contributed by atoms with E-state index in [4.69, 9.17) is 21.1 Å². The van der Waals surface area contributed by atoms with Crippen LogP contribution in [0.25, 0.3) is 0 Å². The summed E-state index contributed by atoms with van der Waals surface area (Å²) in [6.07, 6.45) is 0. The summed E-state index contributed by atoms with van der Waals surface area (Å²) in [6.45, 7) is 6.00. The van der Waals surface area contributed by atoms with Crippen LogP contribution in [0.4, 0.5) is 5.69 Å². The average Bonchev–Trinajstić information content (AvgIpc) is 3.03. The number of carbonyl (C=O) groups is 1. The standard InChI is InChI=1S/C24H20ClNO3/c1-3-26(4-2)15-12-13-18-21(14-15)28-22-19(10-7-11-20(22)25)24(18)17-9-6-5-8-16(17)23(27)29-24/h5-14H,3-4H2,1-2H3. The number of rotatable bonds is 3. The van der Waals surface area contributed by atoms with Crippen molar-refractivity contribution in [2.75, 3.05) is 18.0 Å². The summed E-state index contributed by atoms with van der Waals surface area (Å²) in [5, 5.41) is 0.487. The van der Waals surface area contributed by atoms with Crippen LogP contribution in [0.1, 0.15) is 40.9 Å². The molecular formula is C24H20ClNO3. The Hall–Kier alpha value is -2.98. The van der Waals surface area contributed by atoms with Crippen molar-refractivity contribution in [3.8, 4) is 11.5 Å². The molecular weight excluding hydrogens is 386 g/mol. The van der Waals surface area contributed by atoms with Gasteiger partial charge in [-0.25, -0.2) is 4.79 Å². The molecule has 0 radical (unpaired) electrons. The predicted molar refractivity (Wildman–Crippen MR) is 113 cm³/mol. The lowest BCUT2D eigenvalue weighted by atomic mass is 9.77. The van der Waals surface area contributed by atoms with Gasteiger partial charge in [0.2, 0.25) is 0 Å². The molecule has 0 aliphatic carbocycles. The second kappa shape index (κ2) is 6.53. The summed E-state index contributed by atoms with van der Waals surface area (Å²) >= 11 is 6.51. The van der Waals surface area contributed by atoms with Gasteiger partial charge in [-0.05, 0) is 38.1 Å². The quantitative estimate of drug-likeness (QED) is 0.520. The zero-order valence-electron chi connectivity index (χ0n) is 16.2. The van der Waals surface area contributed by atoms with Crippen LogP contribution in [0, 0.1) is 0 Å². The van der Waals surface area contributed by atoms with Gasteiger partial charge >= 0.3 is 5.97 Å². The lowest BCUT2D eigenvalue weighted by Crippen LogP contribution is -2.33.